The predicted molar refractivity (Wildman–Crippen MR) is 70.9 cm³/mol. The van der Waals surface area contributed by atoms with Crippen molar-refractivity contribution in [2.45, 2.75) is 6.92 Å². The van der Waals surface area contributed by atoms with E-state index in [9.17, 15) is 10.1 Å². The minimum atomic E-state index is -0.412. The maximum Gasteiger partial charge on any atom is 0.272 e. The molecule has 0 unspecified atom stereocenters. The highest BCUT2D eigenvalue weighted by atomic mass is 16.6. The Labute approximate surface area is 110 Å². The Balaban J connectivity index is 2.23. The van der Waals surface area contributed by atoms with Crippen molar-refractivity contribution in [1.29, 1.82) is 0 Å². The molecule has 19 heavy (non-hydrogen) atoms. The fourth-order valence-electron chi connectivity index (χ4n) is 1.70. The largest absolute Gasteiger partial charge is 0.497 e. The second-order valence-electron chi connectivity index (χ2n) is 3.99. The van der Waals surface area contributed by atoms with Crippen LogP contribution in [-0.2, 0) is 0 Å². The highest BCUT2D eigenvalue weighted by Crippen LogP contribution is 2.28. The van der Waals surface area contributed by atoms with Crippen LogP contribution in [0, 0.1) is 17.0 Å². The number of nitro benzene ring substituents is 1. The van der Waals surface area contributed by atoms with E-state index >= 15 is 0 Å². The Morgan fingerprint density at radius 1 is 1.05 bits per heavy atom. The molecule has 2 aromatic rings. The molecule has 0 fully saturated rings. The van der Waals surface area contributed by atoms with Crippen molar-refractivity contribution in [3.63, 3.8) is 0 Å². The first kappa shape index (κ1) is 12.9. The monoisotopic (exact) mass is 259 g/mol. The van der Waals surface area contributed by atoms with Gasteiger partial charge in [0.15, 0.2) is 0 Å². The fourth-order valence-corrected chi connectivity index (χ4v) is 1.70. The first-order chi connectivity index (χ1) is 9.10. The van der Waals surface area contributed by atoms with E-state index in [2.05, 4.69) is 0 Å². The lowest BCUT2D eigenvalue weighted by atomic mass is 10.2. The van der Waals surface area contributed by atoms with Crippen LogP contribution in [0.2, 0.25) is 0 Å². The number of hydrogen-bond acceptors (Lipinski definition) is 4. The summed E-state index contributed by atoms with van der Waals surface area (Å²) in [6, 6.07) is 11.8. The number of benzene rings is 2. The third-order valence-electron chi connectivity index (χ3n) is 2.64. The van der Waals surface area contributed by atoms with E-state index in [1.54, 1.807) is 38.3 Å². The Kier molecular flexibility index (Phi) is 3.66. The van der Waals surface area contributed by atoms with Crippen molar-refractivity contribution in [3.8, 4) is 17.2 Å². The molecular weight excluding hydrogens is 246 g/mol. The summed E-state index contributed by atoms with van der Waals surface area (Å²) in [7, 11) is 1.58. The van der Waals surface area contributed by atoms with Gasteiger partial charge in [-0.1, -0.05) is 6.07 Å². The zero-order valence-corrected chi connectivity index (χ0v) is 10.6. The van der Waals surface area contributed by atoms with Crippen LogP contribution < -0.4 is 9.47 Å². The third-order valence-corrected chi connectivity index (χ3v) is 2.64. The van der Waals surface area contributed by atoms with Gasteiger partial charge in [0, 0.05) is 17.7 Å². The number of methoxy groups -OCH3 is 1. The first-order valence-electron chi connectivity index (χ1n) is 5.67. The van der Waals surface area contributed by atoms with E-state index < -0.39 is 4.92 Å². The van der Waals surface area contributed by atoms with Gasteiger partial charge in [0.1, 0.15) is 17.2 Å². The summed E-state index contributed by atoms with van der Waals surface area (Å²) in [5, 5.41) is 10.7. The maximum absolute atomic E-state index is 10.7. The second kappa shape index (κ2) is 5.39. The molecule has 0 heterocycles. The molecule has 0 amide bonds. The van der Waals surface area contributed by atoms with Gasteiger partial charge in [-0.05, 0) is 31.2 Å². The normalized spacial score (nSPS) is 10.0. The van der Waals surface area contributed by atoms with Crippen LogP contribution >= 0.6 is 0 Å². The molecule has 0 aliphatic heterocycles. The van der Waals surface area contributed by atoms with Crippen molar-refractivity contribution in [3.05, 3.63) is 58.1 Å². The molecule has 0 spiro atoms. The van der Waals surface area contributed by atoms with Crippen LogP contribution in [0.1, 0.15) is 5.56 Å². The second-order valence-corrected chi connectivity index (χ2v) is 3.99. The first-order valence-corrected chi connectivity index (χ1v) is 5.67. The Hall–Kier alpha value is -2.56. The minimum absolute atomic E-state index is 0.0815. The summed E-state index contributed by atoms with van der Waals surface area (Å²) >= 11 is 0. The summed E-state index contributed by atoms with van der Waals surface area (Å²) in [6.45, 7) is 1.68. The van der Waals surface area contributed by atoms with E-state index in [1.807, 2.05) is 12.1 Å². The van der Waals surface area contributed by atoms with Gasteiger partial charge in [-0.3, -0.25) is 10.1 Å². The maximum atomic E-state index is 10.7. The summed E-state index contributed by atoms with van der Waals surface area (Å²) < 4.78 is 10.7. The van der Waals surface area contributed by atoms with E-state index in [0.717, 1.165) is 0 Å². The molecule has 0 aliphatic rings. The van der Waals surface area contributed by atoms with Gasteiger partial charge in [0.25, 0.3) is 5.69 Å². The molecule has 0 saturated carbocycles. The fraction of sp³-hybridized carbons (Fsp3) is 0.143. The highest BCUT2D eigenvalue weighted by molar-refractivity contribution is 5.46. The molecule has 0 atom stereocenters. The summed E-state index contributed by atoms with van der Waals surface area (Å²) in [5.74, 6) is 1.86. The van der Waals surface area contributed by atoms with Crippen LogP contribution in [0.25, 0.3) is 0 Å². The van der Waals surface area contributed by atoms with Gasteiger partial charge >= 0.3 is 0 Å². The van der Waals surface area contributed by atoms with Gasteiger partial charge in [-0.15, -0.1) is 0 Å². The van der Waals surface area contributed by atoms with Gasteiger partial charge in [0.05, 0.1) is 12.0 Å². The average molecular weight is 259 g/mol. The van der Waals surface area contributed by atoms with Crippen molar-refractivity contribution in [2.75, 3.05) is 7.11 Å². The topological polar surface area (TPSA) is 61.6 Å². The number of hydrogen-bond donors (Lipinski definition) is 0. The number of nitrogens with zero attached hydrogens (tertiary/aromatic N) is 1. The number of rotatable bonds is 4. The lowest BCUT2D eigenvalue weighted by molar-refractivity contribution is -0.385. The molecule has 0 aromatic heterocycles. The number of ether oxygens (including phenoxy) is 2. The van der Waals surface area contributed by atoms with Crippen LogP contribution in [0.15, 0.2) is 42.5 Å². The average Bonchev–Trinajstić information content (AvgIpc) is 2.38. The van der Waals surface area contributed by atoms with Gasteiger partial charge in [0.2, 0.25) is 0 Å². The van der Waals surface area contributed by atoms with Gasteiger partial charge in [-0.25, -0.2) is 0 Å². The number of aryl methyl sites for hydroxylation is 1. The van der Waals surface area contributed by atoms with E-state index in [1.165, 1.54) is 6.07 Å². The van der Waals surface area contributed by atoms with E-state index in [4.69, 9.17) is 9.47 Å². The van der Waals surface area contributed by atoms with Crippen molar-refractivity contribution in [2.24, 2.45) is 0 Å². The van der Waals surface area contributed by atoms with Crippen LogP contribution in [-0.4, -0.2) is 12.0 Å². The molecular formula is C14H13NO4. The molecule has 2 rings (SSSR count). The zero-order chi connectivity index (χ0) is 13.8. The molecule has 0 radical (unpaired) electrons. The molecule has 0 aliphatic carbocycles. The number of nitro groups is 1. The standard InChI is InChI=1S/C14H13NO4/c1-10-8-13(6-7-14(10)15(16)17)19-12-5-3-4-11(9-12)18-2/h3-9H,1-2H3. The predicted octanol–water partition coefficient (Wildman–Crippen LogP) is 3.70. The lowest BCUT2D eigenvalue weighted by Crippen LogP contribution is -1.92. The van der Waals surface area contributed by atoms with Crippen molar-refractivity contribution >= 4 is 5.69 Å². The third kappa shape index (κ3) is 3.01. The van der Waals surface area contributed by atoms with Crippen LogP contribution in [0.5, 0.6) is 17.2 Å². The lowest BCUT2D eigenvalue weighted by Gasteiger charge is -2.08. The molecule has 2 aromatic carbocycles. The molecule has 5 heteroatoms. The summed E-state index contributed by atoms with van der Waals surface area (Å²) in [5.41, 5.74) is 0.642. The minimum Gasteiger partial charge on any atom is -0.497 e. The van der Waals surface area contributed by atoms with Crippen LogP contribution in [0.4, 0.5) is 5.69 Å². The van der Waals surface area contributed by atoms with E-state index in [-0.39, 0.29) is 5.69 Å². The molecule has 5 nitrogen and oxygen atoms in total. The van der Waals surface area contributed by atoms with Crippen LogP contribution in [0.3, 0.4) is 0 Å². The molecule has 0 bridgehead atoms. The SMILES string of the molecule is COc1cccc(Oc2ccc([N+](=O)[O-])c(C)c2)c1. The van der Waals surface area contributed by atoms with Gasteiger partial charge < -0.3 is 9.47 Å². The molecule has 0 saturated heterocycles. The van der Waals surface area contributed by atoms with Crippen molar-refractivity contribution in [1.82, 2.24) is 0 Å². The molecule has 98 valence electrons. The van der Waals surface area contributed by atoms with E-state index in [0.29, 0.717) is 22.8 Å². The zero-order valence-electron chi connectivity index (χ0n) is 10.6. The smallest absolute Gasteiger partial charge is 0.272 e. The summed E-state index contributed by atoms with van der Waals surface area (Å²) in [6.07, 6.45) is 0. The quantitative estimate of drug-likeness (QED) is 0.620. The Morgan fingerprint density at radius 2 is 1.74 bits per heavy atom. The van der Waals surface area contributed by atoms with Crippen molar-refractivity contribution < 1.29 is 14.4 Å². The van der Waals surface area contributed by atoms with Gasteiger partial charge in [-0.2, -0.15) is 0 Å². The highest BCUT2D eigenvalue weighted by Gasteiger charge is 2.11. The Bertz CT molecular complexity index is 610. The Morgan fingerprint density at radius 3 is 2.37 bits per heavy atom. The summed E-state index contributed by atoms with van der Waals surface area (Å²) in [4.78, 5) is 10.3. The molecule has 0 N–H and O–H groups in total.